The summed E-state index contributed by atoms with van der Waals surface area (Å²) in [6.07, 6.45) is 7.56. The second-order valence-electron chi connectivity index (χ2n) is 5.73. The zero-order valence-electron chi connectivity index (χ0n) is 13.0. The highest BCUT2D eigenvalue weighted by Crippen LogP contribution is 2.23. The van der Waals surface area contributed by atoms with Gasteiger partial charge in [-0.3, -0.25) is 4.57 Å². The van der Waals surface area contributed by atoms with Crippen LogP contribution in [0, 0.1) is 0 Å². The number of aliphatic hydroxyl groups is 1. The summed E-state index contributed by atoms with van der Waals surface area (Å²) in [6.45, 7) is 2.21. The molecule has 0 saturated carbocycles. The number of aliphatic hydroxyl groups excluding tert-OH is 1. The number of nitrogens with zero attached hydrogens (tertiary/aromatic N) is 1. The van der Waals surface area contributed by atoms with E-state index in [9.17, 15) is 9.90 Å². The molecule has 4 heteroatoms. The molecule has 2 rings (SSSR count). The van der Waals surface area contributed by atoms with Gasteiger partial charge in [0.05, 0.1) is 11.6 Å². The van der Waals surface area contributed by atoms with Crippen LogP contribution in [-0.4, -0.2) is 9.67 Å². The van der Waals surface area contributed by atoms with Gasteiger partial charge in [-0.2, -0.15) is 0 Å². The fourth-order valence-electron chi connectivity index (χ4n) is 2.64. The fourth-order valence-corrected chi connectivity index (χ4v) is 2.64. The molecule has 1 unspecified atom stereocenters. The lowest BCUT2D eigenvalue weighted by Crippen LogP contribution is -2.08. The summed E-state index contributed by atoms with van der Waals surface area (Å²) in [5.41, 5.74) is 2.13. The van der Waals surface area contributed by atoms with Gasteiger partial charge in [0.25, 0.3) is 0 Å². The van der Waals surface area contributed by atoms with Crippen molar-refractivity contribution >= 4 is 11.1 Å². The van der Waals surface area contributed by atoms with E-state index in [1.807, 2.05) is 12.1 Å². The lowest BCUT2D eigenvalue weighted by Gasteiger charge is -2.10. The Morgan fingerprint density at radius 1 is 1.19 bits per heavy atom. The molecule has 1 aromatic heterocycles. The summed E-state index contributed by atoms with van der Waals surface area (Å²) in [4.78, 5) is 11.5. The van der Waals surface area contributed by atoms with Crippen LogP contribution in [0.2, 0.25) is 0 Å². The number of aryl methyl sites for hydroxylation is 1. The Labute approximate surface area is 125 Å². The normalized spacial score (nSPS) is 12.9. The number of fused-ring (bicyclic) bond motifs is 1. The first kappa shape index (κ1) is 15.8. The maximum Gasteiger partial charge on any atom is 0.419 e. The first-order valence-corrected chi connectivity index (χ1v) is 7.91. The van der Waals surface area contributed by atoms with Crippen molar-refractivity contribution in [2.75, 3.05) is 0 Å². The monoisotopic (exact) mass is 291 g/mol. The van der Waals surface area contributed by atoms with Crippen molar-refractivity contribution in [1.29, 1.82) is 0 Å². The van der Waals surface area contributed by atoms with Crippen molar-refractivity contribution in [3.05, 3.63) is 34.3 Å². The third kappa shape index (κ3) is 3.97. The van der Waals surface area contributed by atoms with E-state index >= 15 is 0 Å². The van der Waals surface area contributed by atoms with E-state index in [1.165, 1.54) is 36.7 Å². The first-order valence-electron chi connectivity index (χ1n) is 7.91. The second kappa shape index (κ2) is 7.46. The van der Waals surface area contributed by atoms with E-state index < -0.39 is 6.10 Å². The van der Waals surface area contributed by atoms with Crippen LogP contribution in [-0.2, 0) is 7.05 Å². The maximum absolute atomic E-state index is 11.5. The molecule has 0 aliphatic carbocycles. The van der Waals surface area contributed by atoms with Crippen molar-refractivity contribution < 1.29 is 9.52 Å². The highest BCUT2D eigenvalue weighted by Gasteiger charge is 2.11. The number of unbranched alkanes of at least 4 members (excludes halogenated alkanes) is 5. The Bertz CT molecular complexity index is 626. The molecule has 1 atom stereocenters. The Balaban J connectivity index is 1.90. The Kier molecular flexibility index (Phi) is 5.62. The van der Waals surface area contributed by atoms with E-state index in [-0.39, 0.29) is 5.76 Å². The van der Waals surface area contributed by atoms with E-state index in [2.05, 4.69) is 6.92 Å². The minimum absolute atomic E-state index is 0.368. The van der Waals surface area contributed by atoms with Crippen LogP contribution in [0.25, 0.3) is 11.1 Å². The minimum atomic E-state index is -0.480. The molecule has 1 N–H and O–H groups in total. The number of oxazole rings is 1. The summed E-state index contributed by atoms with van der Waals surface area (Å²) < 4.78 is 6.63. The topological polar surface area (TPSA) is 55.4 Å². The van der Waals surface area contributed by atoms with Gasteiger partial charge in [-0.1, -0.05) is 51.5 Å². The van der Waals surface area contributed by atoms with Gasteiger partial charge in [-0.25, -0.2) is 4.79 Å². The predicted molar refractivity (Wildman–Crippen MR) is 84.4 cm³/mol. The van der Waals surface area contributed by atoms with Gasteiger partial charge in [0.1, 0.15) is 0 Å². The van der Waals surface area contributed by atoms with Crippen molar-refractivity contribution in [1.82, 2.24) is 4.57 Å². The van der Waals surface area contributed by atoms with E-state index in [1.54, 1.807) is 13.1 Å². The number of hydrogen-bond donors (Lipinski definition) is 1. The van der Waals surface area contributed by atoms with Gasteiger partial charge >= 0.3 is 5.76 Å². The van der Waals surface area contributed by atoms with E-state index in [0.717, 1.165) is 23.9 Å². The van der Waals surface area contributed by atoms with Crippen molar-refractivity contribution in [3.8, 4) is 0 Å². The highest BCUT2D eigenvalue weighted by atomic mass is 16.4. The van der Waals surface area contributed by atoms with Gasteiger partial charge < -0.3 is 9.52 Å². The van der Waals surface area contributed by atoms with Crippen LogP contribution >= 0.6 is 0 Å². The number of benzene rings is 1. The molecule has 0 spiro atoms. The molecule has 0 amide bonds. The largest absolute Gasteiger partial charge is 0.419 e. The number of aromatic nitrogens is 1. The van der Waals surface area contributed by atoms with Crippen LogP contribution in [0.4, 0.5) is 0 Å². The van der Waals surface area contributed by atoms with Gasteiger partial charge in [-0.05, 0) is 24.1 Å². The molecule has 0 bridgehead atoms. The fraction of sp³-hybridized carbons (Fsp3) is 0.588. The molecule has 2 aromatic rings. The highest BCUT2D eigenvalue weighted by molar-refractivity contribution is 5.73. The van der Waals surface area contributed by atoms with Gasteiger partial charge in [-0.15, -0.1) is 0 Å². The molecular formula is C17H25NO3. The predicted octanol–water partition coefficient (Wildman–Crippen LogP) is 3.92. The zero-order chi connectivity index (χ0) is 15.2. The molecule has 0 saturated heterocycles. The molecule has 0 aliphatic heterocycles. The molecular weight excluding hydrogens is 266 g/mol. The Morgan fingerprint density at radius 2 is 1.90 bits per heavy atom. The zero-order valence-corrected chi connectivity index (χ0v) is 13.0. The standard InChI is InChI=1S/C17H25NO3/c1-3-4-5-6-7-8-9-15(19)13-10-11-14-16(12-13)21-17(20)18(14)2/h10-12,15,19H,3-9H2,1-2H3. The Morgan fingerprint density at radius 3 is 2.67 bits per heavy atom. The van der Waals surface area contributed by atoms with Gasteiger partial charge in [0.2, 0.25) is 0 Å². The lowest BCUT2D eigenvalue weighted by molar-refractivity contribution is 0.163. The SMILES string of the molecule is CCCCCCCCC(O)c1ccc2c(c1)oc(=O)n2C. The third-order valence-corrected chi connectivity index (χ3v) is 4.03. The van der Waals surface area contributed by atoms with Crippen molar-refractivity contribution in [2.24, 2.45) is 7.05 Å². The third-order valence-electron chi connectivity index (χ3n) is 4.03. The van der Waals surface area contributed by atoms with Crippen molar-refractivity contribution in [3.63, 3.8) is 0 Å². The average Bonchev–Trinajstić information content (AvgIpc) is 2.77. The molecule has 4 nitrogen and oxygen atoms in total. The molecule has 21 heavy (non-hydrogen) atoms. The smallest absolute Gasteiger partial charge is 0.408 e. The molecule has 1 heterocycles. The van der Waals surface area contributed by atoms with Gasteiger partial charge in [0.15, 0.2) is 5.58 Å². The van der Waals surface area contributed by atoms with E-state index in [4.69, 9.17) is 4.42 Å². The molecule has 0 aliphatic rings. The number of rotatable bonds is 8. The first-order chi connectivity index (χ1) is 10.1. The minimum Gasteiger partial charge on any atom is -0.408 e. The summed E-state index contributed by atoms with van der Waals surface area (Å²) in [7, 11) is 1.68. The molecule has 1 aromatic carbocycles. The summed E-state index contributed by atoms with van der Waals surface area (Å²) in [6, 6.07) is 5.48. The summed E-state index contributed by atoms with van der Waals surface area (Å²) >= 11 is 0. The van der Waals surface area contributed by atoms with Crippen LogP contribution in [0.1, 0.15) is 63.5 Å². The quantitative estimate of drug-likeness (QED) is 0.750. The summed E-state index contributed by atoms with van der Waals surface area (Å²) in [5.74, 6) is -0.368. The van der Waals surface area contributed by atoms with Crippen LogP contribution < -0.4 is 5.76 Å². The molecule has 0 radical (unpaired) electrons. The summed E-state index contributed by atoms with van der Waals surface area (Å²) in [5, 5.41) is 10.2. The van der Waals surface area contributed by atoms with Crippen LogP contribution in [0.3, 0.4) is 0 Å². The average molecular weight is 291 g/mol. The molecule has 0 fully saturated rings. The Hall–Kier alpha value is -1.55. The van der Waals surface area contributed by atoms with Crippen molar-refractivity contribution in [2.45, 2.75) is 58.0 Å². The number of hydrogen-bond acceptors (Lipinski definition) is 3. The van der Waals surface area contributed by atoms with Crippen LogP contribution in [0.15, 0.2) is 27.4 Å². The van der Waals surface area contributed by atoms with Crippen LogP contribution in [0.5, 0.6) is 0 Å². The second-order valence-corrected chi connectivity index (χ2v) is 5.73. The maximum atomic E-state index is 11.5. The molecule has 116 valence electrons. The lowest BCUT2D eigenvalue weighted by atomic mass is 10.0. The van der Waals surface area contributed by atoms with Gasteiger partial charge in [0, 0.05) is 7.05 Å². The van der Waals surface area contributed by atoms with E-state index in [0.29, 0.717) is 5.58 Å².